The van der Waals surface area contributed by atoms with Gasteiger partial charge in [-0.1, -0.05) is 36.4 Å². The van der Waals surface area contributed by atoms with E-state index < -0.39 is 5.41 Å². The summed E-state index contributed by atoms with van der Waals surface area (Å²) >= 11 is 0. The lowest BCUT2D eigenvalue weighted by molar-refractivity contribution is -0.123. The van der Waals surface area contributed by atoms with Gasteiger partial charge in [-0.05, 0) is 65.4 Å². The quantitative estimate of drug-likeness (QED) is 0.680. The van der Waals surface area contributed by atoms with Gasteiger partial charge in [0.2, 0.25) is 5.91 Å². The molecule has 0 radical (unpaired) electrons. The summed E-state index contributed by atoms with van der Waals surface area (Å²) in [7, 11) is 1.64. The molecule has 0 fully saturated rings. The molecule has 2 aliphatic rings. The number of hydrogen-bond donors (Lipinski definition) is 0. The Balaban J connectivity index is 1.54. The lowest BCUT2D eigenvalue weighted by Gasteiger charge is -2.24. The van der Waals surface area contributed by atoms with E-state index in [1.54, 1.807) is 13.2 Å². The van der Waals surface area contributed by atoms with Crippen LogP contribution in [-0.4, -0.2) is 13.0 Å². The first-order valence-electron chi connectivity index (χ1n) is 9.42. The molecule has 1 heterocycles. The van der Waals surface area contributed by atoms with Gasteiger partial charge in [-0.25, -0.2) is 4.39 Å². The highest BCUT2D eigenvalue weighted by Gasteiger charge is 2.53. The van der Waals surface area contributed by atoms with Crippen LogP contribution in [0, 0.1) is 5.82 Å². The fourth-order valence-electron chi connectivity index (χ4n) is 4.65. The van der Waals surface area contributed by atoms with Crippen LogP contribution in [0.15, 0.2) is 66.7 Å². The number of para-hydroxylation sites is 1. The van der Waals surface area contributed by atoms with Crippen LogP contribution in [0.5, 0.6) is 5.75 Å². The van der Waals surface area contributed by atoms with E-state index >= 15 is 0 Å². The van der Waals surface area contributed by atoms with Crippen molar-refractivity contribution in [3.05, 3.63) is 94.8 Å². The van der Waals surface area contributed by atoms with Gasteiger partial charge in [0, 0.05) is 5.69 Å². The Morgan fingerprint density at radius 2 is 1.75 bits per heavy atom. The van der Waals surface area contributed by atoms with Crippen molar-refractivity contribution in [2.24, 2.45) is 0 Å². The molecule has 1 unspecified atom stereocenters. The highest BCUT2D eigenvalue weighted by atomic mass is 19.1. The Morgan fingerprint density at radius 1 is 1.00 bits per heavy atom. The van der Waals surface area contributed by atoms with Gasteiger partial charge >= 0.3 is 0 Å². The largest absolute Gasteiger partial charge is 0.497 e. The van der Waals surface area contributed by atoms with Crippen molar-refractivity contribution >= 4 is 11.6 Å². The number of rotatable bonds is 3. The number of fused-ring (bicyclic) bond motifs is 3. The van der Waals surface area contributed by atoms with Gasteiger partial charge in [0.15, 0.2) is 0 Å². The van der Waals surface area contributed by atoms with Crippen LogP contribution in [0.4, 0.5) is 10.1 Å². The molecule has 0 N–H and O–H groups in total. The summed E-state index contributed by atoms with van der Waals surface area (Å²) in [5, 5.41) is 0. The summed E-state index contributed by atoms with van der Waals surface area (Å²) in [6, 6.07) is 20.7. The van der Waals surface area contributed by atoms with Crippen molar-refractivity contribution in [2.75, 3.05) is 12.0 Å². The van der Waals surface area contributed by atoms with Crippen molar-refractivity contribution in [3.63, 3.8) is 0 Å². The number of benzene rings is 3. The molecule has 3 nitrogen and oxygen atoms in total. The lowest BCUT2D eigenvalue weighted by Crippen LogP contribution is -2.40. The predicted molar refractivity (Wildman–Crippen MR) is 106 cm³/mol. The van der Waals surface area contributed by atoms with E-state index in [1.807, 2.05) is 59.5 Å². The Bertz CT molecular complexity index is 1080. The number of amides is 1. The maximum Gasteiger partial charge on any atom is 0.238 e. The summed E-state index contributed by atoms with van der Waals surface area (Å²) in [6.45, 7) is 0.506. The monoisotopic (exact) mass is 373 g/mol. The van der Waals surface area contributed by atoms with Crippen molar-refractivity contribution in [2.45, 2.75) is 24.8 Å². The topological polar surface area (TPSA) is 29.5 Å². The van der Waals surface area contributed by atoms with E-state index in [1.165, 1.54) is 6.07 Å². The van der Waals surface area contributed by atoms with Crippen molar-refractivity contribution in [3.8, 4) is 5.75 Å². The van der Waals surface area contributed by atoms with Gasteiger partial charge in [-0.3, -0.25) is 4.79 Å². The third-order valence-corrected chi connectivity index (χ3v) is 6.02. The fourth-order valence-corrected chi connectivity index (χ4v) is 4.65. The molecule has 3 aromatic rings. The molecule has 3 aromatic carbocycles. The predicted octanol–water partition coefficient (Wildman–Crippen LogP) is 4.42. The van der Waals surface area contributed by atoms with Crippen LogP contribution in [0.3, 0.4) is 0 Å². The highest BCUT2D eigenvalue weighted by Crippen LogP contribution is 2.50. The first kappa shape index (κ1) is 17.0. The molecule has 0 bridgehead atoms. The fraction of sp³-hybridized carbons (Fsp3) is 0.208. The molecular weight excluding hydrogens is 353 g/mol. The van der Waals surface area contributed by atoms with Crippen LogP contribution >= 0.6 is 0 Å². The normalized spacial score (nSPS) is 19.8. The van der Waals surface area contributed by atoms with Crippen LogP contribution in [0.2, 0.25) is 0 Å². The zero-order valence-corrected chi connectivity index (χ0v) is 15.6. The summed E-state index contributed by atoms with van der Waals surface area (Å²) in [5.74, 6) is 0.646. The van der Waals surface area contributed by atoms with E-state index in [-0.39, 0.29) is 11.7 Å². The molecule has 0 aromatic heterocycles. The van der Waals surface area contributed by atoms with Gasteiger partial charge in [0.25, 0.3) is 0 Å². The van der Waals surface area contributed by atoms with Crippen LogP contribution in [0.1, 0.15) is 22.3 Å². The number of hydrogen-bond acceptors (Lipinski definition) is 2. The summed E-state index contributed by atoms with van der Waals surface area (Å²) in [4.78, 5) is 15.5. The Kier molecular flexibility index (Phi) is 3.76. The second kappa shape index (κ2) is 6.20. The molecule has 1 aliphatic heterocycles. The molecule has 1 aliphatic carbocycles. The zero-order chi connectivity index (χ0) is 19.3. The van der Waals surface area contributed by atoms with E-state index in [9.17, 15) is 9.18 Å². The Labute approximate surface area is 163 Å². The summed E-state index contributed by atoms with van der Waals surface area (Å²) in [6.07, 6.45) is 1.17. The number of ether oxygens (including phenoxy) is 1. The third kappa shape index (κ3) is 2.44. The molecule has 0 saturated carbocycles. The van der Waals surface area contributed by atoms with Crippen LogP contribution in [-0.2, 0) is 29.6 Å². The van der Waals surface area contributed by atoms with Crippen molar-refractivity contribution in [1.29, 1.82) is 0 Å². The molecular formula is C24H20FNO2. The number of halogens is 1. The average Bonchev–Trinajstić information content (AvgIpc) is 3.20. The van der Waals surface area contributed by atoms with Gasteiger partial charge in [-0.15, -0.1) is 0 Å². The maximum absolute atomic E-state index is 13.8. The van der Waals surface area contributed by atoms with Crippen molar-refractivity contribution < 1.29 is 13.9 Å². The van der Waals surface area contributed by atoms with Crippen LogP contribution in [0.25, 0.3) is 0 Å². The van der Waals surface area contributed by atoms with E-state index in [0.717, 1.165) is 33.7 Å². The lowest BCUT2D eigenvalue weighted by atomic mass is 9.79. The first-order chi connectivity index (χ1) is 13.6. The highest BCUT2D eigenvalue weighted by molar-refractivity contribution is 6.09. The van der Waals surface area contributed by atoms with Gasteiger partial charge in [0.1, 0.15) is 11.6 Å². The third-order valence-electron chi connectivity index (χ3n) is 6.02. The van der Waals surface area contributed by atoms with Gasteiger partial charge in [0.05, 0.1) is 19.1 Å². The minimum Gasteiger partial charge on any atom is -0.497 e. The number of nitrogens with zero attached hydrogens (tertiary/aromatic N) is 1. The van der Waals surface area contributed by atoms with Gasteiger partial charge < -0.3 is 9.64 Å². The Hall–Kier alpha value is -3.14. The molecule has 28 heavy (non-hydrogen) atoms. The molecule has 140 valence electrons. The SMILES string of the molecule is COc1ccc(CN2C(=O)C3(Cc4ccc(F)cc4C3)c3ccccc32)cc1. The number of anilines is 1. The molecule has 0 saturated heterocycles. The van der Waals surface area contributed by atoms with E-state index in [2.05, 4.69) is 0 Å². The molecule has 1 atom stereocenters. The number of carbonyl (C=O) groups is 1. The zero-order valence-electron chi connectivity index (χ0n) is 15.6. The molecule has 5 rings (SSSR count). The molecule has 4 heteroatoms. The van der Waals surface area contributed by atoms with E-state index in [0.29, 0.717) is 19.4 Å². The second-order valence-electron chi connectivity index (χ2n) is 7.61. The molecule has 1 spiro atoms. The number of carbonyl (C=O) groups excluding carboxylic acids is 1. The standard InChI is InChI=1S/C24H20FNO2/c1-28-20-10-6-16(7-11-20)15-26-22-5-3-2-4-21(22)24(23(26)27)13-17-8-9-19(25)12-18(17)14-24/h2-12H,13-15H2,1H3. The summed E-state index contributed by atoms with van der Waals surface area (Å²) in [5.41, 5.74) is 4.42. The van der Waals surface area contributed by atoms with Crippen LogP contribution < -0.4 is 9.64 Å². The molecule has 1 amide bonds. The average molecular weight is 373 g/mol. The maximum atomic E-state index is 13.8. The van der Waals surface area contributed by atoms with Crippen molar-refractivity contribution in [1.82, 2.24) is 0 Å². The smallest absolute Gasteiger partial charge is 0.238 e. The van der Waals surface area contributed by atoms with E-state index in [4.69, 9.17) is 4.74 Å². The summed E-state index contributed by atoms with van der Waals surface area (Å²) < 4.78 is 19.0. The van der Waals surface area contributed by atoms with Gasteiger partial charge in [-0.2, -0.15) is 0 Å². The first-order valence-corrected chi connectivity index (χ1v) is 9.42. The Morgan fingerprint density at radius 3 is 2.54 bits per heavy atom. The number of methoxy groups -OCH3 is 1. The second-order valence-corrected chi connectivity index (χ2v) is 7.61. The minimum absolute atomic E-state index is 0.0983. The minimum atomic E-state index is -0.626.